The van der Waals surface area contributed by atoms with E-state index in [0.717, 1.165) is 18.6 Å². The van der Waals surface area contributed by atoms with Crippen molar-refractivity contribution in [2.24, 2.45) is 5.92 Å². The van der Waals surface area contributed by atoms with Crippen LogP contribution in [0, 0.1) is 11.7 Å². The molecule has 0 saturated carbocycles. The molecule has 1 aliphatic heterocycles. The fourth-order valence-electron chi connectivity index (χ4n) is 2.18. The molecular formula is C15H21FN2O2. The minimum atomic E-state index is -0.393. The third-order valence-electron chi connectivity index (χ3n) is 3.11. The van der Waals surface area contributed by atoms with Gasteiger partial charge in [0.05, 0.1) is 0 Å². The third kappa shape index (κ3) is 3.77. The van der Waals surface area contributed by atoms with Gasteiger partial charge in [0, 0.05) is 24.5 Å². The summed E-state index contributed by atoms with van der Waals surface area (Å²) in [6.45, 7) is 6.34. The van der Waals surface area contributed by atoms with Crippen molar-refractivity contribution < 1.29 is 13.9 Å². The number of benzene rings is 1. The van der Waals surface area contributed by atoms with Crippen LogP contribution < -0.4 is 10.6 Å². The van der Waals surface area contributed by atoms with Crippen LogP contribution in [0.1, 0.15) is 31.9 Å². The fourth-order valence-corrected chi connectivity index (χ4v) is 2.18. The van der Waals surface area contributed by atoms with E-state index in [2.05, 4.69) is 24.5 Å². The summed E-state index contributed by atoms with van der Waals surface area (Å²) in [6.07, 6.45) is 0.840. The van der Waals surface area contributed by atoms with Gasteiger partial charge in [-0.25, -0.2) is 4.39 Å². The van der Waals surface area contributed by atoms with Crippen LogP contribution in [0.2, 0.25) is 0 Å². The molecule has 0 aliphatic carbocycles. The maximum absolute atomic E-state index is 13.1. The first-order valence-corrected chi connectivity index (χ1v) is 6.99. The highest BCUT2D eigenvalue weighted by molar-refractivity contribution is 6.02. The molecule has 0 fully saturated rings. The molecule has 0 spiro atoms. The zero-order valence-corrected chi connectivity index (χ0v) is 11.9. The topological polar surface area (TPSA) is 50.4 Å². The molecule has 0 bridgehead atoms. The monoisotopic (exact) mass is 280 g/mol. The van der Waals surface area contributed by atoms with Crippen LogP contribution in [0.15, 0.2) is 18.2 Å². The molecule has 20 heavy (non-hydrogen) atoms. The average Bonchev–Trinajstić information content (AvgIpc) is 2.68. The van der Waals surface area contributed by atoms with Gasteiger partial charge in [0.25, 0.3) is 0 Å². The molecule has 2 N–H and O–H groups in total. The summed E-state index contributed by atoms with van der Waals surface area (Å²) >= 11 is 0. The van der Waals surface area contributed by atoms with E-state index in [4.69, 9.17) is 4.74 Å². The molecule has 110 valence electrons. The highest BCUT2D eigenvalue weighted by Gasteiger charge is 2.29. The van der Waals surface area contributed by atoms with Crippen LogP contribution in [0.4, 0.5) is 10.1 Å². The summed E-state index contributed by atoms with van der Waals surface area (Å²) in [5, 5.41) is 5.86. The summed E-state index contributed by atoms with van der Waals surface area (Å²) in [5.74, 6) is 0.0610. The van der Waals surface area contributed by atoms with Gasteiger partial charge >= 0.3 is 0 Å². The highest BCUT2D eigenvalue weighted by atomic mass is 19.1. The molecule has 5 heteroatoms. The van der Waals surface area contributed by atoms with Crippen molar-refractivity contribution in [3.63, 3.8) is 0 Å². The number of carbonyl (C=O) groups excluding carboxylic acids is 1. The van der Waals surface area contributed by atoms with Crippen molar-refractivity contribution >= 4 is 11.6 Å². The Labute approximate surface area is 118 Å². The van der Waals surface area contributed by atoms with Gasteiger partial charge in [-0.05, 0) is 31.0 Å². The van der Waals surface area contributed by atoms with Gasteiger partial charge in [-0.15, -0.1) is 0 Å². The van der Waals surface area contributed by atoms with E-state index in [0.29, 0.717) is 24.8 Å². The van der Waals surface area contributed by atoms with Crippen molar-refractivity contribution in [1.29, 1.82) is 0 Å². The molecule has 1 aromatic rings. The minimum Gasteiger partial charge on any atom is -0.381 e. The molecular weight excluding hydrogens is 259 g/mol. The SMILES string of the molecule is CC(C)COCCCNC1C(=O)Nc2cc(F)ccc21. The zero-order valence-electron chi connectivity index (χ0n) is 11.9. The molecule has 1 heterocycles. The number of ether oxygens (including phenoxy) is 1. The Balaban J connectivity index is 1.78. The molecule has 4 nitrogen and oxygen atoms in total. The van der Waals surface area contributed by atoms with E-state index in [1.165, 1.54) is 12.1 Å². The fraction of sp³-hybridized carbons (Fsp3) is 0.533. The molecule has 2 rings (SSSR count). The Hall–Kier alpha value is -1.46. The molecule has 1 unspecified atom stereocenters. The first-order chi connectivity index (χ1) is 9.58. The zero-order chi connectivity index (χ0) is 14.5. The number of carbonyl (C=O) groups is 1. The van der Waals surface area contributed by atoms with Gasteiger partial charge in [-0.1, -0.05) is 19.9 Å². The normalized spacial score (nSPS) is 17.4. The Kier molecular flexibility index (Phi) is 5.09. The minimum absolute atomic E-state index is 0.131. The number of halogens is 1. The second kappa shape index (κ2) is 6.81. The lowest BCUT2D eigenvalue weighted by Crippen LogP contribution is -2.28. The van der Waals surface area contributed by atoms with E-state index in [-0.39, 0.29) is 11.7 Å². The summed E-state index contributed by atoms with van der Waals surface area (Å²) in [4.78, 5) is 11.8. The van der Waals surface area contributed by atoms with E-state index in [1.807, 2.05) is 0 Å². The first kappa shape index (κ1) is 14.9. The summed E-state index contributed by atoms with van der Waals surface area (Å²) in [5.41, 5.74) is 1.36. The number of nitrogens with one attached hydrogen (secondary N) is 2. The Morgan fingerprint density at radius 2 is 2.25 bits per heavy atom. The number of hydrogen-bond donors (Lipinski definition) is 2. The predicted molar refractivity (Wildman–Crippen MR) is 76.0 cm³/mol. The largest absolute Gasteiger partial charge is 0.381 e. The number of fused-ring (bicyclic) bond motifs is 1. The van der Waals surface area contributed by atoms with Crippen LogP contribution in [0.5, 0.6) is 0 Å². The first-order valence-electron chi connectivity index (χ1n) is 6.99. The van der Waals surface area contributed by atoms with Crippen molar-refractivity contribution in [2.45, 2.75) is 26.3 Å². The lowest BCUT2D eigenvalue weighted by Gasteiger charge is -2.12. The van der Waals surface area contributed by atoms with Crippen LogP contribution >= 0.6 is 0 Å². The van der Waals surface area contributed by atoms with Crippen molar-refractivity contribution in [1.82, 2.24) is 5.32 Å². The van der Waals surface area contributed by atoms with Crippen LogP contribution in [0.25, 0.3) is 0 Å². The van der Waals surface area contributed by atoms with Gasteiger partial charge < -0.3 is 15.4 Å². The summed E-state index contributed by atoms with van der Waals surface area (Å²) in [7, 11) is 0. The molecule has 0 radical (unpaired) electrons. The van der Waals surface area contributed by atoms with Gasteiger partial charge in [0.1, 0.15) is 11.9 Å². The summed E-state index contributed by atoms with van der Waals surface area (Å²) in [6, 6.07) is 3.98. The van der Waals surface area contributed by atoms with Crippen molar-refractivity contribution in [2.75, 3.05) is 25.1 Å². The standard InChI is InChI=1S/C15H21FN2O2/c1-10(2)9-20-7-3-6-17-14-12-5-4-11(16)8-13(12)18-15(14)19/h4-5,8,10,14,17H,3,6-7,9H2,1-2H3,(H,18,19). The molecule has 1 atom stereocenters. The number of anilines is 1. The maximum atomic E-state index is 13.1. The van der Waals surface area contributed by atoms with E-state index >= 15 is 0 Å². The predicted octanol–water partition coefficient (Wildman–Crippen LogP) is 2.47. The number of rotatable bonds is 7. The lowest BCUT2D eigenvalue weighted by molar-refractivity contribution is -0.117. The second-order valence-electron chi connectivity index (χ2n) is 5.43. The van der Waals surface area contributed by atoms with Gasteiger partial charge in [-0.2, -0.15) is 0 Å². The van der Waals surface area contributed by atoms with Crippen LogP contribution in [-0.4, -0.2) is 25.7 Å². The van der Waals surface area contributed by atoms with Crippen molar-refractivity contribution in [3.8, 4) is 0 Å². The number of amides is 1. The smallest absolute Gasteiger partial charge is 0.246 e. The molecule has 1 aliphatic rings. The van der Waals surface area contributed by atoms with E-state index in [9.17, 15) is 9.18 Å². The Morgan fingerprint density at radius 1 is 1.45 bits per heavy atom. The Morgan fingerprint density at radius 3 is 3.00 bits per heavy atom. The average molecular weight is 280 g/mol. The molecule has 0 saturated heterocycles. The second-order valence-corrected chi connectivity index (χ2v) is 5.43. The summed E-state index contributed by atoms with van der Waals surface area (Å²) < 4.78 is 18.6. The van der Waals surface area contributed by atoms with Gasteiger partial charge in [0.15, 0.2) is 0 Å². The van der Waals surface area contributed by atoms with Crippen molar-refractivity contribution in [3.05, 3.63) is 29.6 Å². The highest BCUT2D eigenvalue weighted by Crippen LogP contribution is 2.30. The molecule has 1 aromatic carbocycles. The maximum Gasteiger partial charge on any atom is 0.246 e. The van der Waals surface area contributed by atoms with Crippen LogP contribution in [-0.2, 0) is 9.53 Å². The quantitative estimate of drug-likeness (QED) is 0.754. The third-order valence-corrected chi connectivity index (χ3v) is 3.11. The Bertz CT molecular complexity index is 477. The molecule has 1 amide bonds. The van der Waals surface area contributed by atoms with Gasteiger partial charge in [-0.3, -0.25) is 4.79 Å². The van der Waals surface area contributed by atoms with Crippen LogP contribution in [0.3, 0.4) is 0 Å². The lowest BCUT2D eigenvalue weighted by atomic mass is 10.1. The number of hydrogen-bond acceptors (Lipinski definition) is 3. The van der Waals surface area contributed by atoms with E-state index in [1.54, 1.807) is 6.07 Å². The molecule has 0 aromatic heterocycles. The van der Waals surface area contributed by atoms with Gasteiger partial charge in [0.2, 0.25) is 5.91 Å². The van der Waals surface area contributed by atoms with E-state index < -0.39 is 6.04 Å².